The summed E-state index contributed by atoms with van der Waals surface area (Å²) in [6.45, 7) is 0. The molecule has 0 aliphatic rings. The molecule has 0 aliphatic heterocycles. The summed E-state index contributed by atoms with van der Waals surface area (Å²) in [4.78, 5) is 71.0. The second-order valence-electron chi connectivity index (χ2n) is 33.9. The maximum absolute atomic E-state index is 5.88. The number of fused-ring (bicyclic) bond motifs is 22. The number of pyridine rings is 9. The van der Waals surface area contributed by atoms with E-state index in [9.17, 15) is 0 Å². The molecule has 0 saturated carbocycles. The standard InChI is InChI=1S/C37H23N5.C35H22N4.C29H17N5O.C20H12N4/c1-3-8-28(9-4-1)35-40-36(29-10-5-2-6-11-29)42-37(41-35)30-19-13-24(14-20-30)31-22-21-27-18-16-25-15-17-26-12-7-23-38-33(26)32(25)34(27)39-31;1-2-7-27(8-3-1)35-38-30-10-4-5-11-31(30)39(35)28-19-16-23(17-20-28)29-21-18-26-15-13-24-12-14-25-9-6-22-36-33(25)32(24)34(26)37-29;1-2-20-7-5-19-6-8-21-11-12-24(32-27(21)25(19)26(20)31-15-1)18-3-9-22(10-4-18)28-33-34-29(35-28)23-13-16-30-17-14-23;1-2-5-15-13(4-1)19-14(6-3-9-23-19)16-7-8-17(24-20(15)16)18-12-21-10-11-22-18/h1-23H;1-22H;1-17H;1-12H. The Morgan fingerprint density at radius 3 is 1.03 bits per heavy atom. The molecule has 28 rings (SSSR count). The summed E-state index contributed by atoms with van der Waals surface area (Å²) >= 11 is 0. The molecule has 28 aromatic rings. The Hall–Kier alpha value is -19.5. The molecular weight excluding hydrogens is 1720 g/mol. The average molecular weight is 1800 g/mol. The Balaban J connectivity index is 0.000000100. The van der Waals surface area contributed by atoms with E-state index in [1.54, 1.807) is 31.0 Å². The van der Waals surface area contributed by atoms with Gasteiger partial charge in [-0.3, -0.25) is 39.5 Å². The van der Waals surface area contributed by atoms with Crippen LogP contribution in [0.25, 0.3) is 261 Å². The molecule has 0 amide bonds. The lowest BCUT2D eigenvalue weighted by Gasteiger charge is -2.11. The third-order valence-corrected chi connectivity index (χ3v) is 25.4. The van der Waals surface area contributed by atoms with Crippen LogP contribution in [0.1, 0.15) is 0 Å². The van der Waals surface area contributed by atoms with Gasteiger partial charge in [0, 0.05) is 175 Å². The summed E-state index contributed by atoms with van der Waals surface area (Å²) in [6.07, 6.45) is 15.9. The van der Waals surface area contributed by atoms with Gasteiger partial charge in [-0.15, -0.1) is 10.2 Å². The van der Waals surface area contributed by atoms with Crippen LogP contribution in [0, 0.1) is 0 Å². The fraction of sp³-hybridized carbons (Fsp3) is 0. The molecule has 0 spiro atoms. The third-order valence-electron chi connectivity index (χ3n) is 25.4. The molecule has 140 heavy (non-hydrogen) atoms. The van der Waals surface area contributed by atoms with Gasteiger partial charge in [0.2, 0.25) is 11.8 Å². The summed E-state index contributed by atoms with van der Waals surface area (Å²) in [5.74, 6) is 3.79. The normalized spacial score (nSPS) is 11.4. The van der Waals surface area contributed by atoms with Crippen molar-refractivity contribution in [1.29, 1.82) is 0 Å². The predicted molar refractivity (Wildman–Crippen MR) is 562 cm³/mol. The van der Waals surface area contributed by atoms with Crippen molar-refractivity contribution < 1.29 is 4.42 Å². The molecule has 0 unspecified atom stereocenters. The molecule has 654 valence electrons. The summed E-state index contributed by atoms with van der Waals surface area (Å²) in [6, 6.07) is 134. The first-order valence-corrected chi connectivity index (χ1v) is 45.9. The minimum atomic E-state index is 0.468. The molecule has 0 bridgehead atoms. The molecule has 15 aromatic carbocycles. The summed E-state index contributed by atoms with van der Waals surface area (Å²) < 4.78 is 8.11. The molecule has 0 radical (unpaired) electrons. The quantitative estimate of drug-likeness (QED) is 0.109. The molecule has 0 fully saturated rings. The first-order chi connectivity index (χ1) is 69.4. The number of para-hydroxylation sites is 2. The molecule has 0 saturated heterocycles. The van der Waals surface area contributed by atoms with E-state index in [-0.39, 0.29) is 0 Å². The predicted octanol–water partition coefficient (Wildman–Crippen LogP) is 28.5. The van der Waals surface area contributed by atoms with Gasteiger partial charge in [-0.25, -0.2) is 39.9 Å². The summed E-state index contributed by atoms with van der Waals surface area (Å²) in [7, 11) is 0. The van der Waals surface area contributed by atoms with E-state index in [1.807, 2.05) is 176 Å². The van der Waals surface area contributed by atoms with Gasteiger partial charge < -0.3 is 4.42 Å². The third kappa shape index (κ3) is 15.6. The van der Waals surface area contributed by atoms with Crippen molar-refractivity contribution in [2.45, 2.75) is 0 Å². The van der Waals surface area contributed by atoms with Gasteiger partial charge in [0.05, 0.1) is 84.1 Å². The molecule has 0 aliphatic carbocycles. The van der Waals surface area contributed by atoms with Gasteiger partial charge in [-0.05, 0) is 119 Å². The minimum absolute atomic E-state index is 0.468. The highest BCUT2D eigenvalue weighted by atomic mass is 16.4. The van der Waals surface area contributed by atoms with Crippen molar-refractivity contribution in [3.05, 3.63) is 450 Å². The van der Waals surface area contributed by atoms with Gasteiger partial charge in [-0.2, -0.15) is 0 Å². The second kappa shape index (κ2) is 35.8. The first-order valence-electron chi connectivity index (χ1n) is 45.9. The van der Waals surface area contributed by atoms with Crippen LogP contribution in [-0.4, -0.2) is 89.5 Å². The Morgan fingerprint density at radius 2 is 0.550 bits per heavy atom. The molecule has 13 heterocycles. The highest BCUT2D eigenvalue weighted by molar-refractivity contribution is 6.24. The Bertz CT molecular complexity index is 9520. The number of hydrogen-bond acceptors (Lipinski definition) is 18. The van der Waals surface area contributed by atoms with Crippen molar-refractivity contribution in [2.75, 3.05) is 0 Å². The largest absolute Gasteiger partial charge is 0.416 e. The number of nitrogens with zero attached hydrogens (tertiary/aromatic N) is 18. The first kappa shape index (κ1) is 82.4. The van der Waals surface area contributed by atoms with Crippen LogP contribution in [0.15, 0.2) is 455 Å². The van der Waals surface area contributed by atoms with E-state index >= 15 is 0 Å². The molecule has 0 N–H and O–H groups in total. The molecule has 0 atom stereocenters. The molecular formula is C121H74N18O. The summed E-state index contributed by atoms with van der Waals surface area (Å²) in [5.41, 5.74) is 23.9. The van der Waals surface area contributed by atoms with Crippen molar-refractivity contribution in [1.82, 2.24) is 89.5 Å². The van der Waals surface area contributed by atoms with Gasteiger partial charge in [0.25, 0.3) is 0 Å². The maximum Gasteiger partial charge on any atom is 0.248 e. The molecule has 13 aromatic heterocycles. The number of aromatic nitrogens is 18. The lowest BCUT2D eigenvalue weighted by molar-refractivity contribution is 0.584. The minimum Gasteiger partial charge on any atom is -0.416 e. The molecule has 19 nitrogen and oxygen atoms in total. The van der Waals surface area contributed by atoms with Gasteiger partial charge >= 0.3 is 0 Å². The smallest absolute Gasteiger partial charge is 0.248 e. The average Bonchev–Trinajstić information content (AvgIpc) is 1.11. The van der Waals surface area contributed by atoms with Crippen LogP contribution < -0.4 is 0 Å². The fourth-order valence-corrected chi connectivity index (χ4v) is 18.6. The maximum atomic E-state index is 5.88. The van der Waals surface area contributed by atoms with Crippen LogP contribution in [0.4, 0.5) is 0 Å². The van der Waals surface area contributed by atoms with Gasteiger partial charge in [-0.1, -0.05) is 291 Å². The van der Waals surface area contributed by atoms with Crippen molar-refractivity contribution >= 4 is 141 Å². The lowest BCUT2D eigenvalue weighted by Crippen LogP contribution is -2.00. The lowest BCUT2D eigenvalue weighted by atomic mass is 10.00. The van der Waals surface area contributed by atoms with E-state index in [1.165, 1.54) is 0 Å². The van der Waals surface area contributed by atoms with Gasteiger partial charge in [0.15, 0.2) is 17.5 Å². The summed E-state index contributed by atoms with van der Waals surface area (Å²) in [5, 5.41) is 26.1. The zero-order chi connectivity index (χ0) is 92.8. The van der Waals surface area contributed by atoms with Gasteiger partial charge in [0.1, 0.15) is 11.5 Å². The van der Waals surface area contributed by atoms with E-state index in [0.29, 0.717) is 29.3 Å². The molecule has 19 heteroatoms. The number of benzene rings is 15. The zero-order valence-electron chi connectivity index (χ0n) is 74.7. The topological polar surface area (TPSA) is 237 Å². The van der Waals surface area contributed by atoms with E-state index < -0.39 is 0 Å². The van der Waals surface area contributed by atoms with Crippen molar-refractivity contribution in [3.8, 4) is 119 Å². The Labute approximate surface area is 799 Å². The van der Waals surface area contributed by atoms with Crippen molar-refractivity contribution in [3.63, 3.8) is 0 Å². The second-order valence-corrected chi connectivity index (χ2v) is 33.9. The van der Waals surface area contributed by atoms with E-state index in [4.69, 9.17) is 54.3 Å². The fourth-order valence-electron chi connectivity index (χ4n) is 18.6. The zero-order valence-corrected chi connectivity index (χ0v) is 74.7. The van der Waals surface area contributed by atoms with E-state index in [2.05, 4.69) is 282 Å². The van der Waals surface area contributed by atoms with Crippen LogP contribution in [0.3, 0.4) is 0 Å². The van der Waals surface area contributed by atoms with Crippen molar-refractivity contribution in [2.24, 2.45) is 0 Å². The van der Waals surface area contributed by atoms with Crippen LogP contribution in [0.5, 0.6) is 0 Å². The highest BCUT2D eigenvalue weighted by Crippen LogP contribution is 2.41. The monoisotopic (exact) mass is 1790 g/mol. The SMILES string of the molecule is c1ccc(-c2nc(-c3ccccc3)nc(-c3ccc(-c4ccc5ccc6ccc7cccnc7c6c5n4)cc3)n2)cc1.c1ccc(-c2nc3ccccc3n2-c2ccc(-c3ccc4ccc5ccc6cccnc6c5c4n3)cc2)cc1.c1ccc2c(c1)c1ncccc1c1ccc(-c3cnccn3)nc21.c1cnc2c(c1)ccc1ccc3ccc(-c4ccc(-c5nnc(-c6ccncc6)o5)cc4)nc3c12. The van der Waals surface area contributed by atoms with Crippen LogP contribution >= 0.6 is 0 Å². The Kier molecular flexibility index (Phi) is 21.1. The van der Waals surface area contributed by atoms with E-state index in [0.717, 1.165) is 231 Å². The number of rotatable bonds is 11. The highest BCUT2D eigenvalue weighted by Gasteiger charge is 2.22. The number of imidazole rings is 1. The number of hydrogen-bond donors (Lipinski definition) is 0. The van der Waals surface area contributed by atoms with Crippen LogP contribution in [-0.2, 0) is 0 Å². The Morgan fingerprint density at radius 1 is 0.193 bits per heavy atom. The van der Waals surface area contributed by atoms with Crippen LogP contribution in [0.2, 0.25) is 0 Å².